The van der Waals surface area contributed by atoms with Crippen molar-refractivity contribution in [1.82, 2.24) is 15.1 Å². The van der Waals surface area contributed by atoms with Gasteiger partial charge in [0, 0.05) is 23.7 Å². The van der Waals surface area contributed by atoms with Gasteiger partial charge in [-0.2, -0.15) is 5.10 Å². The normalized spacial score (nSPS) is 11.6. The molecule has 0 aliphatic rings. The lowest BCUT2D eigenvalue weighted by atomic mass is 10.1. The number of aryl methyl sites for hydroxylation is 1. The van der Waals surface area contributed by atoms with Crippen molar-refractivity contribution in [2.45, 2.75) is 13.0 Å². The third-order valence-electron chi connectivity index (χ3n) is 4.36. The third kappa shape index (κ3) is 4.40. The molecule has 3 rings (SSSR count). The summed E-state index contributed by atoms with van der Waals surface area (Å²) in [6, 6.07) is 8.48. The fourth-order valence-electron chi connectivity index (χ4n) is 2.86. The Kier molecular flexibility index (Phi) is 6.18. The van der Waals surface area contributed by atoms with Crippen molar-refractivity contribution in [1.29, 1.82) is 0 Å². The van der Waals surface area contributed by atoms with Crippen molar-refractivity contribution in [2.75, 3.05) is 19.5 Å². The van der Waals surface area contributed by atoms with E-state index in [1.165, 1.54) is 25.1 Å². The van der Waals surface area contributed by atoms with Gasteiger partial charge in [0.05, 0.1) is 25.9 Å². The quantitative estimate of drug-likeness (QED) is 0.619. The maximum absolute atomic E-state index is 12.8. The molecule has 0 spiro atoms. The first-order valence-electron chi connectivity index (χ1n) is 8.84. The summed E-state index contributed by atoms with van der Waals surface area (Å²) in [4.78, 5) is 26.5. The number of amides is 2. The van der Waals surface area contributed by atoms with E-state index >= 15 is 0 Å². The molecule has 0 radical (unpaired) electrons. The van der Waals surface area contributed by atoms with Gasteiger partial charge in [0.1, 0.15) is 5.69 Å². The Labute approximate surface area is 172 Å². The number of thiophene rings is 1. The predicted molar refractivity (Wildman–Crippen MR) is 111 cm³/mol. The van der Waals surface area contributed by atoms with Gasteiger partial charge in [-0.3, -0.25) is 14.3 Å². The zero-order valence-electron chi connectivity index (χ0n) is 16.6. The molecule has 0 fully saturated rings. The first-order chi connectivity index (χ1) is 13.9. The Morgan fingerprint density at radius 2 is 1.97 bits per heavy atom. The minimum Gasteiger partial charge on any atom is -0.493 e. The maximum atomic E-state index is 12.8. The predicted octanol–water partition coefficient (Wildman–Crippen LogP) is 3.24. The van der Waals surface area contributed by atoms with Crippen molar-refractivity contribution in [2.24, 2.45) is 7.05 Å². The summed E-state index contributed by atoms with van der Waals surface area (Å²) in [5, 5.41) is 11.7. The van der Waals surface area contributed by atoms with Crippen molar-refractivity contribution in [3.8, 4) is 11.5 Å². The van der Waals surface area contributed by atoms with Crippen LogP contribution < -0.4 is 20.1 Å². The number of benzene rings is 1. The summed E-state index contributed by atoms with van der Waals surface area (Å²) < 4.78 is 12.2. The van der Waals surface area contributed by atoms with Crippen molar-refractivity contribution in [3.63, 3.8) is 0 Å². The number of ether oxygens (including phenoxy) is 2. The molecule has 0 aliphatic carbocycles. The summed E-state index contributed by atoms with van der Waals surface area (Å²) in [5.41, 5.74) is 1.03. The molecule has 0 saturated heterocycles. The Morgan fingerprint density at radius 3 is 2.55 bits per heavy atom. The van der Waals surface area contributed by atoms with Crippen LogP contribution in [0.5, 0.6) is 11.5 Å². The molecule has 1 unspecified atom stereocenters. The lowest BCUT2D eigenvalue weighted by Gasteiger charge is -2.17. The minimum atomic E-state index is -0.380. The molecular formula is C20H22N4O4S. The largest absolute Gasteiger partial charge is 0.493 e. The van der Waals surface area contributed by atoms with Gasteiger partial charge in [-0.05, 0) is 36.6 Å². The molecule has 29 heavy (non-hydrogen) atoms. The van der Waals surface area contributed by atoms with Crippen LogP contribution in [0.3, 0.4) is 0 Å². The molecule has 2 N–H and O–H groups in total. The van der Waals surface area contributed by atoms with Gasteiger partial charge >= 0.3 is 0 Å². The molecule has 8 nitrogen and oxygen atoms in total. The van der Waals surface area contributed by atoms with Crippen LogP contribution in [0.2, 0.25) is 0 Å². The highest BCUT2D eigenvalue weighted by Gasteiger charge is 2.21. The summed E-state index contributed by atoms with van der Waals surface area (Å²) in [7, 11) is 4.61. The van der Waals surface area contributed by atoms with Crippen LogP contribution in [-0.2, 0) is 7.05 Å². The van der Waals surface area contributed by atoms with E-state index in [0.29, 0.717) is 28.4 Å². The Bertz CT molecular complexity index is 1010. The van der Waals surface area contributed by atoms with E-state index in [9.17, 15) is 9.59 Å². The zero-order chi connectivity index (χ0) is 21.0. The van der Waals surface area contributed by atoms with Crippen molar-refractivity contribution < 1.29 is 19.1 Å². The van der Waals surface area contributed by atoms with Crippen molar-refractivity contribution >= 4 is 28.8 Å². The molecule has 1 atom stereocenters. The SMILES string of the molecule is COc1cc(C(=O)NC(C)c2cccs2)cc(NC(=O)c2ccnn2C)c1OC. The van der Waals surface area contributed by atoms with Gasteiger partial charge in [0.25, 0.3) is 11.8 Å². The number of carbonyl (C=O) groups is 2. The minimum absolute atomic E-state index is 0.150. The second-order valence-corrected chi connectivity index (χ2v) is 7.24. The van der Waals surface area contributed by atoms with Crippen LogP contribution in [0.15, 0.2) is 41.9 Å². The van der Waals surface area contributed by atoms with E-state index in [2.05, 4.69) is 15.7 Å². The molecule has 3 aromatic rings. The first kappa shape index (κ1) is 20.4. The van der Waals surface area contributed by atoms with E-state index in [1.807, 2.05) is 24.4 Å². The van der Waals surface area contributed by atoms with Gasteiger partial charge in [0.15, 0.2) is 11.5 Å². The second-order valence-electron chi connectivity index (χ2n) is 6.26. The monoisotopic (exact) mass is 414 g/mol. The average molecular weight is 414 g/mol. The summed E-state index contributed by atoms with van der Waals surface area (Å²) in [6.07, 6.45) is 1.53. The first-order valence-corrected chi connectivity index (χ1v) is 9.72. The third-order valence-corrected chi connectivity index (χ3v) is 5.42. The van der Waals surface area contributed by atoms with E-state index in [4.69, 9.17) is 9.47 Å². The second kappa shape index (κ2) is 8.78. The standard InChI is InChI=1S/C20H22N4O4S/c1-12(17-6-5-9-29-17)22-19(25)13-10-14(18(28-4)16(11-13)27-3)23-20(26)15-7-8-21-24(15)2/h5-12H,1-4H3,(H,22,25)(H,23,26). The number of carbonyl (C=O) groups excluding carboxylic acids is 2. The van der Waals surface area contributed by atoms with E-state index < -0.39 is 0 Å². The van der Waals surface area contributed by atoms with Gasteiger partial charge in [-0.1, -0.05) is 6.07 Å². The zero-order valence-corrected chi connectivity index (χ0v) is 17.4. The molecule has 152 valence electrons. The molecule has 0 saturated carbocycles. The van der Waals surface area contributed by atoms with E-state index in [-0.39, 0.29) is 17.9 Å². The number of aromatic nitrogens is 2. The molecular weight excluding hydrogens is 392 g/mol. The fraction of sp³-hybridized carbons (Fsp3) is 0.250. The summed E-state index contributed by atoms with van der Waals surface area (Å²) in [6.45, 7) is 1.91. The summed E-state index contributed by atoms with van der Waals surface area (Å²) in [5.74, 6) is -0.00661. The van der Waals surface area contributed by atoms with Gasteiger partial charge in [-0.15, -0.1) is 11.3 Å². The topological polar surface area (TPSA) is 94.5 Å². The summed E-state index contributed by atoms with van der Waals surface area (Å²) >= 11 is 1.57. The Balaban J connectivity index is 1.90. The Morgan fingerprint density at radius 1 is 1.17 bits per heavy atom. The molecule has 2 aromatic heterocycles. The number of methoxy groups -OCH3 is 2. The number of nitrogens with one attached hydrogen (secondary N) is 2. The number of hydrogen-bond donors (Lipinski definition) is 2. The molecule has 0 aliphatic heterocycles. The number of rotatable bonds is 7. The fourth-order valence-corrected chi connectivity index (χ4v) is 3.59. The van der Waals surface area contributed by atoms with E-state index in [1.54, 1.807) is 36.6 Å². The lowest BCUT2D eigenvalue weighted by molar-refractivity contribution is 0.0938. The highest BCUT2D eigenvalue weighted by Crippen LogP contribution is 2.37. The van der Waals surface area contributed by atoms with Crippen LogP contribution in [0.1, 0.15) is 38.7 Å². The molecule has 1 aromatic carbocycles. The van der Waals surface area contributed by atoms with Gasteiger partial charge in [0.2, 0.25) is 0 Å². The van der Waals surface area contributed by atoms with Crippen LogP contribution in [0.4, 0.5) is 5.69 Å². The molecule has 2 amide bonds. The lowest BCUT2D eigenvalue weighted by Crippen LogP contribution is -2.26. The number of anilines is 1. The molecule has 2 heterocycles. The van der Waals surface area contributed by atoms with Crippen LogP contribution in [0.25, 0.3) is 0 Å². The number of nitrogens with zero attached hydrogens (tertiary/aromatic N) is 2. The molecule has 9 heteroatoms. The van der Waals surface area contributed by atoms with Crippen LogP contribution >= 0.6 is 11.3 Å². The Hall–Kier alpha value is -3.33. The van der Waals surface area contributed by atoms with Crippen molar-refractivity contribution in [3.05, 3.63) is 58.0 Å². The highest BCUT2D eigenvalue weighted by atomic mass is 32.1. The van der Waals surface area contributed by atoms with Crippen LogP contribution in [0, 0.1) is 0 Å². The maximum Gasteiger partial charge on any atom is 0.274 e. The number of hydrogen-bond acceptors (Lipinski definition) is 6. The molecule has 0 bridgehead atoms. The average Bonchev–Trinajstić information content (AvgIpc) is 3.38. The van der Waals surface area contributed by atoms with Crippen LogP contribution in [-0.4, -0.2) is 35.8 Å². The van der Waals surface area contributed by atoms with Gasteiger partial charge in [-0.25, -0.2) is 0 Å². The smallest absolute Gasteiger partial charge is 0.274 e. The van der Waals surface area contributed by atoms with E-state index in [0.717, 1.165) is 4.88 Å². The van der Waals surface area contributed by atoms with Gasteiger partial charge < -0.3 is 20.1 Å². The highest BCUT2D eigenvalue weighted by molar-refractivity contribution is 7.10.